The molecular formula is C11H15NO. The Morgan fingerprint density at radius 1 is 1.46 bits per heavy atom. The Morgan fingerprint density at radius 3 is 2.54 bits per heavy atom. The molecule has 0 unspecified atom stereocenters. The summed E-state index contributed by atoms with van der Waals surface area (Å²) in [6.07, 6.45) is 2.73. The molecule has 2 heteroatoms. The van der Waals surface area contributed by atoms with Crippen molar-refractivity contribution in [3.05, 3.63) is 29.6 Å². The highest BCUT2D eigenvalue weighted by Crippen LogP contribution is 2.06. The van der Waals surface area contributed by atoms with Crippen LogP contribution in [0, 0.1) is 5.92 Å². The number of rotatable bonds is 3. The van der Waals surface area contributed by atoms with E-state index >= 15 is 0 Å². The molecule has 1 heterocycles. The predicted octanol–water partition coefficient (Wildman–Crippen LogP) is 2.48. The number of carbonyl (C=O) groups excluding carboxylic acids is 1. The molecule has 0 aromatic carbocycles. The van der Waals surface area contributed by atoms with Crippen LogP contribution in [0.5, 0.6) is 0 Å². The molecule has 0 atom stereocenters. The van der Waals surface area contributed by atoms with Crippen molar-refractivity contribution in [2.45, 2.75) is 27.2 Å². The summed E-state index contributed by atoms with van der Waals surface area (Å²) in [5.41, 5.74) is 1.74. The minimum absolute atomic E-state index is 0.0278. The molecule has 0 aliphatic rings. The summed E-state index contributed by atoms with van der Waals surface area (Å²) in [7, 11) is 0. The lowest BCUT2D eigenvalue weighted by molar-refractivity contribution is 0.0934. The van der Waals surface area contributed by atoms with E-state index in [2.05, 4.69) is 11.9 Å². The third kappa shape index (κ3) is 2.38. The van der Waals surface area contributed by atoms with E-state index in [9.17, 15) is 4.79 Å². The molecule has 0 N–H and O–H groups in total. The van der Waals surface area contributed by atoms with Gasteiger partial charge in [-0.1, -0.05) is 26.8 Å². The molecule has 0 saturated carbocycles. The van der Waals surface area contributed by atoms with Gasteiger partial charge >= 0.3 is 0 Å². The number of carbonyl (C=O) groups is 1. The van der Waals surface area contributed by atoms with Gasteiger partial charge in [-0.15, -0.1) is 0 Å². The highest BCUT2D eigenvalue weighted by atomic mass is 16.1. The maximum atomic E-state index is 11.5. The van der Waals surface area contributed by atoms with E-state index in [1.807, 2.05) is 19.9 Å². The largest absolute Gasteiger partial charge is 0.292 e. The van der Waals surface area contributed by atoms with Crippen molar-refractivity contribution in [2.24, 2.45) is 5.92 Å². The first-order valence-electron chi connectivity index (χ1n) is 4.64. The van der Waals surface area contributed by atoms with Crippen LogP contribution in [0.2, 0.25) is 0 Å². The number of Topliss-reactive ketones (excluding diaryl/α,β-unsaturated/α-hetero) is 1. The standard InChI is InChI=1S/C11H15NO/c1-4-9-5-6-10(12-7-9)11(13)8(2)3/h5-8H,4H2,1-3H3. The summed E-state index contributed by atoms with van der Waals surface area (Å²) in [5.74, 6) is 0.141. The van der Waals surface area contributed by atoms with Crippen molar-refractivity contribution >= 4 is 5.78 Å². The van der Waals surface area contributed by atoms with Crippen molar-refractivity contribution in [1.29, 1.82) is 0 Å². The Hall–Kier alpha value is -1.18. The monoisotopic (exact) mass is 177 g/mol. The molecule has 0 fully saturated rings. The van der Waals surface area contributed by atoms with E-state index in [4.69, 9.17) is 0 Å². The highest BCUT2D eigenvalue weighted by molar-refractivity contribution is 5.95. The molecule has 0 saturated heterocycles. The molecule has 0 bridgehead atoms. The summed E-state index contributed by atoms with van der Waals surface area (Å²) in [4.78, 5) is 15.6. The third-order valence-electron chi connectivity index (χ3n) is 2.01. The lowest BCUT2D eigenvalue weighted by Gasteiger charge is -2.03. The maximum absolute atomic E-state index is 11.5. The van der Waals surface area contributed by atoms with Gasteiger partial charge in [-0.25, -0.2) is 0 Å². The Labute approximate surface area is 79.0 Å². The van der Waals surface area contributed by atoms with Gasteiger partial charge in [0.25, 0.3) is 0 Å². The van der Waals surface area contributed by atoms with Gasteiger partial charge in [0.2, 0.25) is 0 Å². The molecule has 0 aliphatic carbocycles. The molecule has 1 aromatic rings. The Balaban J connectivity index is 2.86. The van der Waals surface area contributed by atoms with E-state index in [-0.39, 0.29) is 11.7 Å². The zero-order chi connectivity index (χ0) is 9.84. The molecule has 1 rings (SSSR count). The van der Waals surface area contributed by atoms with Crippen LogP contribution >= 0.6 is 0 Å². The summed E-state index contributed by atoms with van der Waals surface area (Å²) in [6.45, 7) is 5.84. The first kappa shape index (κ1) is 9.90. The van der Waals surface area contributed by atoms with Crippen molar-refractivity contribution in [1.82, 2.24) is 4.98 Å². The Bertz CT molecular complexity index is 287. The van der Waals surface area contributed by atoms with Gasteiger partial charge in [0.15, 0.2) is 5.78 Å². The minimum Gasteiger partial charge on any atom is -0.292 e. The molecule has 13 heavy (non-hydrogen) atoms. The van der Waals surface area contributed by atoms with Crippen molar-refractivity contribution in [3.63, 3.8) is 0 Å². The first-order valence-corrected chi connectivity index (χ1v) is 4.64. The number of pyridine rings is 1. The fourth-order valence-corrected chi connectivity index (χ4v) is 1.08. The van der Waals surface area contributed by atoms with Crippen molar-refractivity contribution in [2.75, 3.05) is 0 Å². The van der Waals surface area contributed by atoms with Crippen LogP contribution in [0.1, 0.15) is 36.8 Å². The number of ketones is 1. The van der Waals surface area contributed by atoms with E-state index in [1.54, 1.807) is 12.3 Å². The second kappa shape index (κ2) is 4.17. The summed E-state index contributed by atoms with van der Waals surface area (Å²) >= 11 is 0. The molecule has 70 valence electrons. The quantitative estimate of drug-likeness (QED) is 0.664. The average Bonchev–Trinajstić information content (AvgIpc) is 2.17. The summed E-state index contributed by atoms with van der Waals surface area (Å²) in [6, 6.07) is 3.77. The van der Waals surface area contributed by atoms with Gasteiger partial charge in [-0.2, -0.15) is 0 Å². The van der Waals surface area contributed by atoms with E-state index < -0.39 is 0 Å². The molecule has 0 radical (unpaired) electrons. The molecular weight excluding hydrogens is 162 g/mol. The second-order valence-corrected chi connectivity index (χ2v) is 3.42. The van der Waals surface area contributed by atoms with Crippen LogP contribution in [0.15, 0.2) is 18.3 Å². The molecule has 2 nitrogen and oxygen atoms in total. The number of aromatic nitrogens is 1. The van der Waals surface area contributed by atoms with Crippen LogP contribution < -0.4 is 0 Å². The summed E-state index contributed by atoms with van der Waals surface area (Å²) < 4.78 is 0. The molecule has 0 amide bonds. The van der Waals surface area contributed by atoms with Crippen molar-refractivity contribution < 1.29 is 4.79 Å². The lowest BCUT2D eigenvalue weighted by Crippen LogP contribution is -2.09. The van der Waals surface area contributed by atoms with Crippen LogP contribution in [0.4, 0.5) is 0 Å². The molecule has 1 aromatic heterocycles. The predicted molar refractivity (Wildman–Crippen MR) is 52.8 cm³/mol. The fourth-order valence-electron chi connectivity index (χ4n) is 1.08. The maximum Gasteiger partial charge on any atom is 0.183 e. The van der Waals surface area contributed by atoms with Gasteiger partial charge in [0.05, 0.1) is 0 Å². The second-order valence-electron chi connectivity index (χ2n) is 3.42. The number of nitrogens with zero attached hydrogens (tertiary/aromatic N) is 1. The normalized spacial score (nSPS) is 10.5. The Kier molecular flexibility index (Phi) is 3.18. The van der Waals surface area contributed by atoms with Gasteiger partial charge in [-0.05, 0) is 18.1 Å². The number of hydrogen-bond acceptors (Lipinski definition) is 2. The minimum atomic E-state index is 0.0278. The molecule has 0 spiro atoms. The molecule has 0 aliphatic heterocycles. The Morgan fingerprint density at radius 2 is 2.15 bits per heavy atom. The number of aryl methyl sites for hydroxylation is 1. The van der Waals surface area contributed by atoms with Crippen molar-refractivity contribution in [3.8, 4) is 0 Å². The topological polar surface area (TPSA) is 30.0 Å². The van der Waals surface area contributed by atoms with Crippen LogP contribution in [-0.2, 0) is 6.42 Å². The van der Waals surface area contributed by atoms with Gasteiger partial charge in [0.1, 0.15) is 5.69 Å². The SMILES string of the molecule is CCc1ccc(C(=O)C(C)C)nc1. The number of hydrogen-bond donors (Lipinski definition) is 0. The van der Waals surface area contributed by atoms with E-state index in [0.717, 1.165) is 6.42 Å². The van der Waals surface area contributed by atoms with E-state index in [1.165, 1.54) is 5.56 Å². The van der Waals surface area contributed by atoms with Crippen LogP contribution in [0.3, 0.4) is 0 Å². The smallest absolute Gasteiger partial charge is 0.183 e. The van der Waals surface area contributed by atoms with Gasteiger partial charge < -0.3 is 0 Å². The highest BCUT2D eigenvalue weighted by Gasteiger charge is 2.10. The van der Waals surface area contributed by atoms with E-state index in [0.29, 0.717) is 5.69 Å². The van der Waals surface area contributed by atoms with Crippen LogP contribution in [-0.4, -0.2) is 10.8 Å². The van der Waals surface area contributed by atoms with Gasteiger partial charge in [-0.3, -0.25) is 9.78 Å². The zero-order valence-electron chi connectivity index (χ0n) is 8.37. The third-order valence-corrected chi connectivity index (χ3v) is 2.01. The lowest BCUT2D eigenvalue weighted by atomic mass is 10.1. The van der Waals surface area contributed by atoms with Crippen LogP contribution in [0.25, 0.3) is 0 Å². The summed E-state index contributed by atoms with van der Waals surface area (Å²) in [5, 5.41) is 0. The van der Waals surface area contributed by atoms with Gasteiger partial charge in [0, 0.05) is 12.1 Å². The first-order chi connectivity index (χ1) is 6.15. The fraction of sp³-hybridized carbons (Fsp3) is 0.455. The average molecular weight is 177 g/mol. The zero-order valence-corrected chi connectivity index (χ0v) is 8.37.